The van der Waals surface area contributed by atoms with Gasteiger partial charge in [-0.1, -0.05) is 6.07 Å². The van der Waals surface area contributed by atoms with Crippen LogP contribution in [0.15, 0.2) is 43.0 Å². The van der Waals surface area contributed by atoms with Gasteiger partial charge in [0.15, 0.2) is 0 Å². The Labute approximate surface area is 103 Å². The Balaban J connectivity index is 2.40. The molecule has 2 aromatic rings. The van der Waals surface area contributed by atoms with Gasteiger partial charge >= 0.3 is 5.97 Å². The fraction of sp³-hybridized carbons (Fsp3) is 0.0769. The minimum Gasteiger partial charge on any atom is -0.478 e. The lowest BCUT2D eigenvalue weighted by Crippen LogP contribution is -1.96. The number of imidazole rings is 1. The van der Waals surface area contributed by atoms with Crippen molar-refractivity contribution in [1.82, 2.24) is 9.55 Å². The zero-order valence-electron chi connectivity index (χ0n) is 9.67. The van der Waals surface area contributed by atoms with Crippen molar-refractivity contribution in [3.05, 3.63) is 54.4 Å². The molecule has 0 spiro atoms. The molecular weight excluding hydrogens is 235 g/mol. The van der Waals surface area contributed by atoms with Gasteiger partial charge in [0.1, 0.15) is 5.82 Å². The average molecular weight is 246 g/mol. The summed E-state index contributed by atoms with van der Waals surface area (Å²) in [6, 6.07) is 4.57. The van der Waals surface area contributed by atoms with E-state index in [1.807, 2.05) is 0 Å². The Morgan fingerprint density at radius 1 is 1.50 bits per heavy atom. The number of benzene rings is 1. The molecule has 0 bridgehead atoms. The largest absolute Gasteiger partial charge is 0.478 e. The van der Waals surface area contributed by atoms with Crippen LogP contribution in [0.1, 0.15) is 12.5 Å². The second kappa shape index (κ2) is 4.83. The molecule has 0 saturated heterocycles. The number of aliphatic carboxylic acids is 1. The number of carbonyl (C=O) groups is 1. The van der Waals surface area contributed by atoms with Gasteiger partial charge in [-0.25, -0.2) is 14.2 Å². The predicted molar refractivity (Wildman–Crippen MR) is 64.8 cm³/mol. The summed E-state index contributed by atoms with van der Waals surface area (Å²) >= 11 is 0. The summed E-state index contributed by atoms with van der Waals surface area (Å²) in [4.78, 5) is 14.4. The molecule has 5 heteroatoms. The van der Waals surface area contributed by atoms with Crippen molar-refractivity contribution >= 4 is 11.5 Å². The normalized spacial score (nSPS) is 11.6. The molecule has 1 aromatic heterocycles. The van der Waals surface area contributed by atoms with Gasteiger partial charge in [-0.15, -0.1) is 0 Å². The van der Waals surface area contributed by atoms with E-state index in [1.165, 1.54) is 12.4 Å². The standard InChI is InChI=1S/C13H11FN2O2/c1-9(6-13(17)18)10-2-3-12(11(14)7-10)16-5-4-15-8-16/h2-8H,1H3,(H,17,18)/b9-6+. The van der Waals surface area contributed by atoms with E-state index in [0.717, 1.165) is 6.08 Å². The third-order valence-corrected chi connectivity index (χ3v) is 2.53. The molecule has 1 N–H and O–H groups in total. The van der Waals surface area contributed by atoms with E-state index < -0.39 is 11.8 Å². The van der Waals surface area contributed by atoms with E-state index in [4.69, 9.17) is 5.11 Å². The number of allylic oxidation sites excluding steroid dienone is 1. The molecule has 0 saturated carbocycles. The summed E-state index contributed by atoms with van der Waals surface area (Å²) in [7, 11) is 0. The zero-order valence-corrected chi connectivity index (χ0v) is 9.67. The average Bonchev–Trinajstić information content (AvgIpc) is 2.81. The van der Waals surface area contributed by atoms with Crippen LogP contribution in [0.25, 0.3) is 11.3 Å². The first-order valence-corrected chi connectivity index (χ1v) is 5.27. The van der Waals surface area contributed by atoms with Gasteiger partial charge in [0.2, 0.25) is 0 Å². The fourth-order valence-electron chi connectivity index (χ4n) is 1.63. The molecule has 0 aliphatic heterocycles. The van der Waals surface area contributed by atoms with Crippen molar-refractivity contribution in [3.63, 3.8) is 0 Å². The zero-order chi connectivity index (χ0) is 13.1. The molecule has 0 radical (unpaired) electrons. The maximum Gasteiger partial charge on any atom is 0.328 e. The summed E-state index contributed by atoms with van der Waals surface area (Å²) in [6.45, 7) is 1.62. The van der Waals surface area contributed by atoms with Crippen LogP contribution in [0.2, 0.25) is 0 Å². The van der Waals surface area contributed by atoms with E-state index in [2.05, 4.69) is 4.98 Å². The lowest BCUT2D eigenvalue weighted by molar-refractivity contribution is -0.131. The van der Waals surface area contributed by atoms with Crippen LogP contribution < -0.4 is 0 Å². The topological polar surface area (TPSA) is 55.1 Å². The molecule has 0 atom stereocenters. The molecule has 0 fully saturated rings. The SMILES string of the molecule is C/C(=C\C(=O)O)c1ccc(-n2ccnc2)c(F)c1. The van der Waals surface area contributed by atoms with Gasteiger partial charge < -0.3 is 9.67 Å². The third kappa shape index (κ3) is 2.45. The molecule has 2 rings (SSSR count). The predicted octanol–water partition coefficient (Wildman–Crippen LogP) is 2.50. The lowest BCUT2D eigenvalue weighted by atomic mass is 10.1. The number of carboxylic acid groups (broad SMARTS) is 1. The number of rotatable bonds is 3. The molecule has 0 amide bonds. The summed E-state index contributed by atoms with van der Waals surface area (Å²) in [6.07, 6.45) is 5.74. The minimum absolute atomic E-state index is 0.374. The van der Waals surface area contributed by atoms with E-state index in [9.17, 15) is 9.18 Å². The monoisotopic (exact) mass is 246 g/mol. The second-order valence-corrected chi connectivity index (χ2v) is 3.80. The number of aromatic nitrogens is 2. The van der Waals surface area contributed by atoms with Crippen molar-refractivity contribution < 1.29 is 14.3 Å². The first-order valence-electron chi connectivity index (χ1n) is 5.27. The molecule has 1 aromatic carbocycles. The highest BCUT2D eigenvalue weighted by Crippen LogP contribution is 2.20. The van der Waals surface area contributed by atoms with Gasteiger partial charge in [0.25, 0.3) is 0 Å². The van der Waals surface area contributed by atoms with Crippen LogP contribution in [0.4, 0.5) is 4.39 Å². The van der Waals surface area contributed by atoms with Crippen LogP contribution in [0.3, 0.4) is 0 Å². The van der Waals surface area contributed by atoms with Crippen molar-refractivity contribution in [3.8, 4) is 5.69 Å². The number of carboxylic acids is 1. The van der Waals surface area contributed by atoms with Gasteiger partial charge in [0, 0.05) is 18.5 Å². The lowest BCUT2D eigenvalue weighted by Gasteiger charge is -2.06. The molecule has 0 aliphatic carbocycles. The molecular formula is C13H11FN2O2. The van der Waals surface area contributed by atoms with E-state index in [1.54, 1.807) is 36.0 Å². The van der Waals surface area contributed by atoms with Crippen LogP contribution in [-0.2, 0) is 4.79 Å². The van der Waals surface area contributed by atoms with Crippen LogP contribution in [0, 0.1) is 5.82 Å². The van der Waals surface area contributed by atoms with Gasteiger partial charge in [-0.05, 0) is 30.2 Å². The molecule has 0 unspecified atom stereocenters. The van der Waals surface area contributed by atoms with E-state index >= 15 is 0 Å². The number of nitrogens with zero attached hydrogens (tertiary/aromatic N) is 2. The van der Waals surface area contributed by atoms with Crippen LogP contribution in [-0.4, -0.2) is 20.6 Å². The number of hydrogen-bond donors (Lipinski definition) is 1. The van der Waals surface area contributed by atoms with E-state index in [-0.39, 0.29) is 0 Å². The van der Waals surface area contributed by atoms with E-state index in [0.29, 0.717) is 16.8 Å². The molecule has 4 nitrogen and oxygen atoms in total. The molecule has 92 valence electrons. The van der Waals surface area contributed by atoms with Gasteiger partial charge in [-0.2, -0.15) is 0 Å². The summed E-state index contributed by atoms with van der Waals surface area (Å²) in [5.41, 5.74) is 1.41. The first kappa shape index (κ1) is 12.0. The fourth-order valence-corrected chi connectivity index (χ4v) is 1.63. The Hall–Kier alpha value is -2.43. The van der Waals surface area contributed by atoms with Crippen molar-refractivity contribution in [2.45, 2.75) is 6.92 Å². The second-order valence-electron chi connectivity index (χ2n) is 3.80. The van der Waals surface area contributed by atoms with Crippen molar-refractivity contribution in [2.24, 2.45) is 0 Å². The van der Waals surface area contributed by atoms with Gasteiger partial charge in [-0.3, -0.25) is 0 Å². The van der Waals surface area contributed by atoms with Crippen LogP contribution in [0.5, 0.6) is 0 Å². The number of hydrogen-bond acceptors (Lipinski definition) is 2. The quantitative estimate of drug-likeness (QED) is 0.846. The Kier molecular flexibility index (Phi) is 3.23. The van der Waals surface area contributed by atoms with Crippen molar-refractivity contribution in [2.75, 3.05) is 0 Å². The molecule has 1 heterocycles. The summed E-state index contributed by atoms with van der Waals surface area (Å²) in [5, 5.41) is 8.64. The Morgan fingerprint density at radius 3 is 2.83 bits per heavy atom. The van der Waals surface area contributed by atoms with Crippen molar-refractivity contribution in [1.29, 1.82) is 0 Å². The smallest absolute Gasteiger partial charge is 0.328 e. The minimum atomic E-state index is -1.05. The Bertz CT molecular complexity index is 603. The van der Waals surface area contributed by atoms with Crippen LogP contribution >= 0.6 is 0 Å². The summed E-state index contributed by atoms with van der Waals surface area (Å²) in [5.74, 6) is -1.48. The number of halogens is 1. The van der Waals surface area contributed by atoms with Gasteiger partial charge in [0.05, 0.1) is 12.0 Å². The highest BCUT2D eigenvalue weighted by Gasteiger charge is 2.06. The third-order valence-electron chi connectivity index (χ3n) is 2.53. The highest BCUT2D eigenvalue weighted by molar-refractivity contribution is 5.89. The maximum atomic E-state index is 13.9. The molecule has 18 heavy (non-hydrogen) atoms. The summed E-state index contributed by atoms with van der Waals surface area (Å²) < 4.78 is 15.4. The molecule has 0 aliphatic rings. The Morgan fingerprint density at radius 2 is 2.28 bits per heavy atom. The highest BCUT2D eigenvalue weighted by atomic mass is 19.1. The maximum absolute atomic E-state index is 13.9. The first-order chi connectivity index (χ1) is 8.58.